The van der Waals surface area contributed by atoms with E-state index in [0.29, 0.717) is 17.9 Å². The van der Waals surface area contributed by atoms with Gasteiger partial charge in [-0.05, 0) is 49.2 Å². The van der Waals surface area contributed by atoms with Crippen LogP contribution in [0.5, 0.6) is 5.75 Å². The van der Waals surface area contributed by atoms with Gasteiger partial charge in [0.2, 0.25) is 0 Å². The number of carbonyl (C=O) groups excluding carboxylic acids is 1. The third-order valence-corrected chi connectivity index (χ3v) is 3.19. The molecule has 4 nitrogen and oxygen atoms in total. The molecule has 1 atom stereocenters. The van der Waals surface area contributed by atoms with Crippen molar-refractivity contribution < 1.29 is 9.53 Å². The Morgan fingerprint density at radius 3 is 2.57 bits per heavy atom. The number of nitrogens with one attached hydrogen (secondary N) is 1. The topological polar surface area (TPSA) is 64.3 Å². The van der Waals surface area contributed by atoms with Gasteiger partial charge in [0, 0.05) is 11.4 Å². The Balaban J connectivity index is 2.06. The number of hydrogen-bond acceptors (Lipinski definition) is 3. The van der Waals surface area contributed by atoms with Gasteiger partial charge in [-0.2, -0.15) is 0 Å². The molecule has 0 aliphatic carbocycles. The maximum absolute atomic E-state index is 12.3. The summed E-state index contributed by atoms with van der Waals surface area (Å²) in [5, 5.41) is 2.89. The first-order valence-corrected chi connectivity index (χ1v) is 6.99. The highest BCUT2D eigenvalue weighted by Gasteiger charge is 2.19. The molecule has 1 amide bonds. The summed E-state index contributed by atoms with van der Waals surface area (Å²) in [6, 6.07) is 14.7. The second-order valence-corrected chi connectivity index (χ2v) is 4.89. The molecule has 110 valence electrons. The van der Waals surface area contributed by atoms with Crippen molar-refractivity contribution in [2.45, 2.75) is 26.4 Å². The molecule has 0 bridgehead atoms. The maximum atomic E-state index is 12.3. The highest BCUT2D eigenvalue weighted by Crippen LogP contribution is 2.19. The molecule has 21 heavy (non-hydrogen) atoms. The van der Waals surface area contributed by atoms with Crippen LogP contribution in [0.25, 0.3) is 0 Å². The molecule has 0 saturated carbocycles. The van der Waals surface area contributed by atoms with Gasteiger partial charge in [0.05, 0.1) is 0 Å². The Bertz CT molecular complexity index is 611. The number of amides is 1. The van der Waals surface area contributed by atoms with Gasteiger partial charge in [0.25, 0.3) is 5.91 Å². The first-order chi connectivity index (χ1) is 10.1. The van der Waals surface area contributed by atoms with Crippen molar-refractivity contribution in [3.63, 3.8) is 0 Å². The predicted molar refractivity (Wildman–Crippen MR) is 85.4 cm³/mol. The van der Waals surface area contributed by atoms with Crippen molar-refractivity contribution in [2.75, 3.05) is 11.1 Å². The van der Waals surface area contributed by atoms with Crippen LogP contribution in [0.1, 0.15) is 18.9 Å². The summed E-state index contributed by atoms with van der Waals surface area (Å²) in [4.78, 5) is 12.3. The largest absolute Gasteiger partial charge is 0.481 e. The Kier molecular flexibility index (Phi) is 4.82. The molecule has 0 fully saturated rings. The van der Waals surface area contributed by atoms with Crippen molar-refractivity contribution in [3.05, 3.63) is 54.1 Å². The lowest BCUT2D eigenvalue weighted by Gasteiger charge is -2.18. The molecule has 0 aliphatic heterocycles. The lowest BCUT2D eigenvalue weighted by Crippen LogP contribution is -2.32. The summed E-state index contributed by atoms with van der Waals surface area (Å²) in [5.41, 5.74) is 8.07. The third-order valence-electron chi connectivity index (χ3n) is 3.19. The van der Waals surface area contributed by atoms with E-state index in [2.05, 4.69) is 5.32 Å². The van der Waals surface area contributed by atoms with Crippen LogP contribution in [0.15, 0.2) is 48.5 Å². The smallest absolute Gasteiger partial charge is 0.265 e. The molecule has 0 radical (unpaired) electrons. The van der Waals surface area contributed by atoms with Crippen LogP contribution in [0, 0.1) is 6.92 Å². The van der Waals surface area contributed by atoms with Crippen LogP contribution in [-0.4, -0.2) is 12.0 Å². The molecule has 0 unspecified atom stereocenters. The molecular formula is C17H20N2O2. The van der Waals surface area contributed by atoms with Crippen molar-refractivity contribution in [2.24, 2.45) is 0 Å². The zero-order valence-corrected chi connectivity index (χ0v) is 12.3. The van der Waals surface area contributed by atoms with Crippen LogP contribution < -0.4 is 15.8 Å². The highest BCUT2D eigenvalue weighted by molar-refractivity contribution is 5.95. The van der Waals surface area contributed by atoms with E-state index in [1.54, 1.807) is 12.1 Å². The van der Waals surface area contributed by atoms with Gasteiger partial charge >= 0.3 is 0 Å². The number of nitrogens with two attached hydrogens (primary N) is 1. The first kappa shape index (κ1) is 14.9. The average molecular weight is 284 g/mol. The van der Waals surface area contributed by atoms with Gasteiger partial charge < -0.3 is 15.8 Å². The molecule has 2 aromatic carbocycles. The standard InChI is InChI=1S/C17H20N2O2/c1-3-16(21-14-7-5-4-6-8-14)17(20)19-15-10-9-13(18)11-12(15)2/h4-11,16H,3,18H2,1-2H3,(H,19,20)/t16-/m1/s1. The van der Waals surface area contributed by atoms with E-state index in [1.165, 1.54) is 0 Å². The molecule has 0 aromatic heterocycles. The van der Waals surface area contributed by atoms with E-state index < -0.39 is 6.10 Å². The van der Waals surface area contributed by atoms with Crippen LogP contribution in [0.3, 0.4) is 0 Å². The van der Waals surface area contributed by atoms with Crippen LogP contribution in [0.2, 0.25) is 0 Å². The predicted octanol–water partition coefficient (Wildman–Crippen LogP) is 3.37. The van der Waals surface area contributed by atoms with Crippen LogP contribution in [0.4, 0.5) is 11.4 Å². The van der Waals surface area contributed by atoms with Gasteiger partial charge in [-0.25, -0.2) is 0 Å². The molecule has 2 aromatic rings. The number of aryl methyl sites for hydroxylation is 1. The summed E-state index contributed by atoms with van der Waals surface area (Å²) >= 11 is 0. The minimum atomic E-state index is -0.524. The maximum Gasteiger partial charge on any atom is 0.265 e. The number of hydrogen-bond donors (Lipinski definition) is 2. The molecule has 0 heterocycles. The monoisotopic (exact) mass is 284 g/mol. The van der Waals surface area contributed by atoms with E-state index in [0.717, 1.165) is 11.3 Å². The molecule has 3 N–H and O–H groups in total. The molecule has 4 heteroatoms. The number of rotatable bonds is 5. The fraction of sp³-hybridized carbons (Fsp3) is 0.235. The number of para-hydroxylation sites is 1. The first-order valence-electron chi connectivity index (χ1n) is 6.99. The molecular weight excluding hydrogens is 264 g/mol. The minimum Gasteiger partial charge on any atom is -0.481 e. The quantitative estimate of drug-likeness (QED) is 0.827. The van der Waals surface area contributed by atoms with Gasteiger partial charge in [-0.15, -0.1) is 0 Å². The van der Waals surface area contributed by atoms with E-state index in [1.807, 2.05) is 50.2 Å². The Labute approximate surface area is 124 Å². The van der Waals surface area contributed by atoms with Crippen molar-refractivity contribution in [3.8, 4) is 5.75 Å². The summed E-state index contributed by atoms with van der Waals surface area (Å²) in [6.45, 7) is 3.83. The average Bonchev–Trinajstić information content (AvgIpc) is 2.48. The van der Waals surface area contributed by atoms with Gasteiger partial charge in [0.1, 0.15) is 5.75 Å². The van der Waals surface area contributed by atoms with Crippen LogP contribution in [-0.2, 0) is 4.79 Å². The van der Waals surface area contributed by atoms with Crippen molar-refractivity contribution in [1.29, 1.82) is 0 Å². The van der Waals surface area contributed by atoms with Crippen molar-refractivity contribution >= 4 is 17.3 Å². The Morgan fingerprint density at radius 1 is 1.24 bits per heavy atom. The van der Waals surface area contributed by atoms with E-state index in [9.17, 15) is 4.79 Å². The lowest BCUT2D eigenvalue weighted by atomic mass is 10.1. The zero-order chi connectivity index (χ0) is 15.2. The number of ether oxygens (including phenoxy) is 1. The Hall–Kier alpha value is -2.49. The molecule has 2 rings (SSSR count). The van der Waals surface area contributed by atoms with E-state index in [-0.39, 0.29) is 5.91 Å². The summed E-state index contributed by atoms with van der Waals surface area (Å²) in [5.74, 6) is 0.530. The second kappa shape index (κ2) is 6.79. The highest BCUT2D eigenvalue weighted by atomic mass is 16.5. The lowest BCUT2D eigenvalue weighted by molar-refractivity contribution is -0.122. The van der Waals surface area contributed by atoms with Crippen LogP contribution >= 0.6 is 0 Å². The third kappa shape index (κ3) is 3.99. The van der Waals surface area contributed by atoms with E-state index in [4.69, 9.17) is 10.5 Å². The number of carbonyl (C=O) groups is 1. The molecule has 0 aliphatic rings. The van der Waals surface area contributed by atoms with Gasteiger partial charge in [-0.1, -0.05) is 25.1 Å². The number of anilines is 2. The van der Waals surface area contributed by atoms with Gasteiger partial charge in [-0.3, -0.25) is 4.79 Å². The van der Waals surface area contributed by atoms with E-state index >= 15 is 0 Å². The number of benzene rings is 2. The Morgan fingerprint density at radius 2 is 1.95 bits per heavy atom. The zero-order valence-electron chi connectivity index (χ0n) is 12.3. The summed E-state index contributed by atoms with van der Waals surface area (Å²) < 4.78 is 5.72. The SMILES string of the molecule is CC[C@@H](Oc1ccccc1)C(=O)Nc1ccc(N)cc1C. The number of nitrogen functional groups attached to an aromatic ring is 1. The fourth-order valence-corrected chi connectivity index (χ4v) is 2.03. The summed E-state index contributed by atoms with van der Waals surface area (Å²) in [6.07, 6.45) is 0.0683. The molecule has 0 saturated heterocycles. The second-order valence-electron chi connectivity index (χ2n) is 4.89. The minimum absolute atomic E-state index is 0.158. The fourth-order valence-electron chi connectivity index (χ4n) is 2.03. The molecule has 0 spiro atoms. The summed E-state index contributed by atoms with van der Waals surface area (Å²) in [7, 11) is 0. The van der Waals surface area contributed by atoms with Crippen molar-refractivity contribution in [1.82, 2.24) is 0 Å². The normalized spacial score (nSPS) is 11.7. The van der Waals surface area contributed by atoms with Gasteiger partial charge in [0.15, 0.2) is 6.10 Å².